The van der Waals surface area contributed by atoms with E-state index in [0.29, 0.717) is 22.8 Å². The molecule has 3 rings (SSSR count). The lowest BCUT2D eigenvalue weighted by atomic mass is 10.2. The average molecular weight is 413 g/mol. The van der Waals surface area contributed by atoms with Crippen molar-refractivity contribution in [2.45, 2.75) is 6.54 Å². The second-order valence-corrected chi connectivity index (χ2v) is 6.13. The van der Waals surface area contributed by atoms with E-state index in [1.54, 1.807) is 30.3 Å². The van der Waals surface area contributed by atoms with Crippen molar-refractivity contribution >= 4 is 5.97 Å². The second-order valence-electron chi connectivity index (χ2n) is 6.13. The van der Waals surface area contributed by atoms with Crippen molar-refractivity contribution in [1.29, 1.82) is 0 Å². The van der Waals surface area contributed by atoms with Crippen LogP contribution in [0.25, 0.3) is 5.69 Å². The SMILES string of the molecule is COc1cccc(Cn2c(=O)c(C(=O)O)nn(-c3ccc(OC)c(OC)c3)c2=O)c1. The fraction of sp³-hybridized carbons (Fsp3) is 0.200. The molecule has 1 aromatic heterocycles. The molecule has 0 aliphatic carbocycles. The highest BCUT2D eigenvalue weighted by Crippen LogP contribution is 2.28. The first-order valence-corrected chi connectivity index (χ1v) is 8.72. The molecule has 3 aromatic rings. The summed E-state index contributed by atoms with van der Waals surface area (Å²) in [5.41, 5.74) is -1.81. The summed E-state index contributed by atoms with van der Waals surface area (Å²) in [6.45, 7) is -0.162. The van der Waals surface area contributed by atoms with Crippen LogP contribution in [0.5, 0.6) is 17.2 Å². The number of aromatic carboxylic acids is 1. The maximum Gasteiger partial charge on any atom is 0.362 e. The number of aromatic nitrogens is 3. The highest BCUT2D eigenvalue weighted by atomic mass is 16.5. The minimum Gasteiger partial charge on any atom is -0.497 e. The van der Waals surface area contributed by atoms with Crippen LogP contribution in [0.1, 0.15) is 16.1 Å². The third kappa shape index (κ3) is 3.88. The maximum atomic E-state index is 13.0. The quantitative estimate of drug-likeness (QED) is 0.613. The summed E-state index contributed by atoms with van der Waals surface area (Å²) < 4.78 is 17.2. The van der Waals surface area contributed by atoms with Crippen LogP contribution in [-0.2, 0) is 6.54 Å². The molecule has 10 heteroatoms. The normalized spacial score (nSPS) is 10.5. The lowest BCUT2D eigenvalue weighted by Gasteiger charge is -2.13. The van der Waals surface area contributed by atoms with Crippen molar-refractivity contribution in [3.63, 3.8) is 0 Å². The largest absolute Gasteiger partial charge is 0.497 e. The van der Waals surface area contributed by atoms with Crippen LogP contribution >= 0.6 is 0 Å². The van der Waals surface area contributed by atoms with Gasteiger partial charge in [-0.05, 0) is 29.8 Å². The number of carboxylic acids is 1. The van der Waals surface area contributed by atoms with Crippen LogP contribution in [-0.4, -0.2) is 46.8 Å². The summed E-state index contributed by atoms with van der Waals surface area (Å²) >= 11 is 0. The van der Waals surface area contributed by atoms with Gasteiger partial charge in [0.1, 0.15) is 5.75 Å². The molecule has 0 fully saturated rings. The van der Waals surface area contributed by atoms with Crippen LogP contribution in [0.2, 0.25) is 0 Å². The van der Waals surface area contributed by atoms with Gasteiger partial charge in [-0.3, -0.25) is 9.36 Å². The lowest BCUT2D eigenvalue weighted by molar-refractivity contribution is 0.0684. The Balaban J connectivity index is 2.21. The summed E-state index contributed by atoms with van der Waals surface area (Å²) in [6, 6.07) is 11.2. The van der Waals surface area contributed by atoms with E-state index in [4.69, 9.17) is 14.2 Å². The number of benzene rings is 2. The molecule has 156 valence electrons. The summed E-state index contributed by atoms with van der Waals surface area (Å²) in [7, 11) is 4.37. The van der Waals surface area contributed by atoms with E-state index in [2.05, 4.69) is 5.10 Å². The predicted octanol–water partition coefficient (Wildman–Crippen LogP) is 1.17. The van der Waals surface area contributed by atoms with Gasteiger partial charge in [-0.2, -0.15) is 9.78 Å². The van der Waals surface area contributed by atoms with Crippen molar-refractivity contribution in [1.82, 2.24) is 14.3 Å². The molecule has 1 heterocycles. The Kier molecular flexibility index (Phi) is 5.86. The fourth-order valence-electron chi connectivity index (χ4n) is 2.87. The van der Waals surface area contributed by atoms with Crippen molar-refractivity contribution in [2.24, 2.45) is 0 Å². The molecular weight excluding hydrogens is 394 g/mol. The molecular formula is C20H19N3O7. The van der Waals surface area contributed by atoms with Gasteiger partial charge in [0.2, 0.25) is 5.69 Å². The zero-order valence-electron chi connectivity index (χ0n) is 16.5. The van der Waals surface area contributed by atoms with Gasteiger partial charge >= 0.3 is 11.7 Å². The number of rotatable bonds is 7. The predicted molar refractivity (Wildman–Crippen MR) is 106 cm³/mol. The van der Waals surface area contributed by atoms with E-state index >= 15 is 0 Å². The van der Waals surface area contributed by atoms with Gasteiger partial charge < -0.3 is 19.3 Å². The van der Waals surface area contributed by atoms with E-state index in [0.717, 1.165) is 9.25 Å². The van der Waals surface area contributed by atoms with Gasteiger partial charge in [0.05, 0.1) is 33.6 Å². The number of nitrogens with zero attached hydrogens (tertiary/aromatic N) is 3. The average Bonchev–Trinajstić information content (AvgIpc) is 2.76. The number of ether oxygens (including phenoxy) is 3. The van der Waals surface area contributed by atoms with Crippen LogP contribution in [0.15, 0.2) is 52.1 Å². The third-order valence-corrected chi connectivity index (χ3v) is 4.35. The van der Waals surface area contributed by atoms with Crippen LogP contribution in [0.4, 0.5) is 0 Å². The molecule has 0 aliphatic rings. The van der Waals surface area contributed by atoms with Gasteiger partial charge in [-0.15, -0.1) is 0 Å². The smallest absolute Gasteiger partial charge is 0.362 e. The molecule has 0 amide bonds. The molecule has 0 atom stereocenters. The summed E-state index contributed by atoms with van der Waals surface area (Å²) in [5.74, 6) is -0.287. The fourth-order valence-corrected chi connectivity index (χ4v) is 2.87. The first kappa shape index (κ1) is 20.6. The number of carbonyl (C=O) groups is 1. The van der Waals surface area contributed by atoms with Crippen molar-refractivity contribution < 1.29 is 24.1 Å². The minimum absolute atomic E-state index is 0.162. The Labute approximate surface area is 170 Å². The highest BCUT2D eigenvalue weighted by molar-refractivity contribution is 5.84. The molecule has 0 aliphatic heterocycles. The Bertz CT molecular complexity index is 1210. The van der Waals surface area contributed by atoms with E-state index in [-0.39, 0.29) is 12.2 Å². The topological polar surface area (TPSA) is 122 Å². The van der Waals surface area contributed by atoms with E-state index in [1.807, 2.05) is 0 Å². The first-order chi connectivity index (χ1) is 14.4. The Morgan fingerprint density at radius 3 is 2.37 bits per heavy atom. The van der Waals surface area contributed by atoms with E-state index in [1.165, 1.54) is 33.5 Å². The minimum atomic E-state index is -1.55. The summed E-state index contributed by atoms with van der Waals surface area (Å²) in [6.07, 6.45) is 0. The molecule has 10 nitrogen and oxygen atoms in total. The maximum absolute atomic E-state index is 13.0. The molecule has 2 aromatic carbocycles. The summed E-state index contributed by atoms with van der Waals surface area (Å²) in [5, 5.41) is 13.2. The Morgan fingerprint density at radius 2 is 1.73 bits per heavy atom. The van der Waals surface area contributed by atoms with Crippen LogP contribution < -0.4 is 25.5 Å². The van der Waals surface area contributed by atoms with Crippen molar-refractivity contribution in [2.75, 3.05) is 21.3 Å². The van der Waals surface area contributed by atoms with E-state index in [9.17, 15) is 19.5 Å². The van der Waals surface area contributed by atoms with Gasteiger partial charge in [0.15, 0.2) is 11.5 Å². The monoisotopic (exact) mass is 413 g/mol. The lowest BCUT2D eigenvalue weighted by Crippen LogP contribution is -2.44. The zero-order chi connectivity index (χ0) is 21.8. The molecule has 0 saturated heterocycles. The third-order valence-electron chi connectivity index (χ3n) is 4.35. The van der Waals surface area contributed by atoms with Gasteiger partial charge in [0, 0.05) is 6.07 Å². The summed E-state index contributed by atoms with van der Waals surface area (Å²) in [4.78, 5) is 37.3. The van der Waals surface area contributed by atoms with E-state index < -0.39 is 22.9 Å². The molecule has 0 saturated carbocycles. The van der Waals surface area contributed by atoms with Crippen LogP contribution in [0.3, 0.4) is 0 Å². The number of methoxy groups -OCH3 is 3. The van der Waals surface area contributed by atoms with Crippen molar-refractivity contribution in [3.8, 4) is 22.9 Å². The molecule has 30 heavy (non-hydrogen) atoms. The number of hydrogen-bond donors (Lipinski definition) is 1. The first-order valence-electron chi connectivity index (χ1n) is 8.72. The number of carboxylic acid groups (broad SMARTS) is 1. The Morgan fingerprint density at radius 1 is 1.00 bits per heavy atom. The molecule has 0 radical (unpaired) electrons. The molecule has 0 bridgehead atoms. The van der Waals surface area contributed by atoms with Gasteiger partial charge in [0.25, 0.3) is 5.56 Å². The van der Waals surface area contributed by atoms with Crippen LogP contribution in [0, 0.1) is 0 Å². The van der Waals surface area contributed by atoms with Gasteiger partial charge in [-0.1, -0.05) is 12.1 Å². The highest BCUT2D eigenvalue weighted by Gasteiger charge is 2.20. The molecule has 1 N–H and O–H groups in total. The molecule has 0 spiro atoms. The zero-order valence-corrected chi connectivity index (χ0v) is 16.5. The second kappa shape index (κ2) is 8.52. The van der Waals surface area contributed by atoms with Crippen molar-refractivity contribution in [3.05, 3.63) is 74.6 Å². The molecule has 0 unspecified atom stereocenters. The standard InChI is InChI=1S/C20H19N3O7/c1-28-14-6-4-5-12(9-14)11-22-18(24)17(19(25)26)21-23(20(22)27)13-7-8-15(29-2)16(10-13)30-3/h4-10H,11H2,1-3H3,(H,25,26). The van der Waals surface area contributed by atoms with Gasteiger partial charge in [-0.25, -0.2) is 9.59 Å². The Hall–Kier alpha value is -4.08. The number of hydrogen-bond acceptors (Lipinski definition) is 7.